The normalized spacial score (nSPS) is 23.9. The van der Waals surface area contributed by atoms with Crippen LogP contribution in [0.4, 0.5) is 0 Å². The van der Waals surface area contributed by atoms with Gasteiger partial charge >= 0.3 is 0 Å². The molecule has 0 aliphatic heterocycles. The minimum Gasteiger partial charge on any atom is -0.192 e. The van der Waals surface area contributed by atoms with Gasteiger partial charge in [-0.1, -0.05) is 54.1 Å². The molecule has 2 bridgehead atoms. The van der Waals surface area contributed by atoms with Crippen molar-refractivity contribution >= 4 is 16.8 Å². The number of hydrogen-bond acceptors (Lipinski definition) is 2. The van der Waals surface area contributed by atoms with Gasteiger partial charge in [0.15, 0.2) is 0 Å². The standard InChI is InChI=1S/C21H16N2/c22-12-19(13-23)21-11-17-10-18(21)9-16(17)8-15-6-3-5-14-4-1-2-7-20(14)15/h1-8,17-18H,9-11H2/b16-8+/t17-,18+/m1/s1. The van der Waals surface area contributed by atoms with Crippen LogP contribution in [-0.2, 0) is 0 Å². The first-order chi connectivity index (χ1) is 11.3. The van der Waals surface area contributed by atoms with Gasteiger partial charge in [0, 0.05) is 0 Å². The van der Waals surface area contributed by atoms with Gasteiger partial charge in [-0.2, -0.15) is 10.5 Å². The maximum atomic E-state index is 9.09. The van der Waals surface area contributed by atoms with E-state index in [-0.39, 0.29) is 0 Å². The average Bonchev–Trinajstić information content (AvgIpc) is 3.17. The Hall–Kier alpha value is -2.84. The van der Waals surface area contributed by atoms with Gasteiger partial charge in [0.05, 0.1) is 0 Å². The fourth-order valence-electron chi connectivity index (χ4n) is 4.17. The molecule has 0 N–H and O–H groups in total. The van der Waals surface area contributed by atoms with Gasteiger partial charge in [-0.3, -0.25) is 0 Å². The number of hydrogen-bond donors (Lipinski definition) is 0. The third-order valence-corrected chi connectivity index (χ3v) is 5.24. The summed E-state index contributed by atoms with van der Waals surface area (Å²) in [6, 6.07) is 19.0. The second-order valence-corrected chi connectivity index (χ2v) is 6.45. The topological polar surface area (TPSA) is 47.6 Å². The highest BCUT2D eigenvalue weighted by molar-refractivity contribution is 5.91. The van der Waals surface area contributed by atoms with Crippen molar-refractivity contribution in [2.24, 2.45) is 11.8 Å². The minimum atomic E-state index is 0.349. The van der Waals surface area contributed by atoms with Gasteiger partial charge < -0.3 is 0 Å². The van der Waals surface area contributed by atoms with Crippen molar-refractivity contribution in [3.63, 3.8) is 0 Å². The summed E-state index contributed by atoms with van der Waals surface area (Å²) in [4.78, 5) is 0. The highest BCUT2D eigenvalue weighted by atomic mass is 14.4. The first-order valence-corrected chi connectivity index (χ1v) is 8.01. The summed E-state index contributed by atoms with van der Waals surface area (Å²) in [5.41, 5.74) is 4.19. The predicted molar refractivity (Wildman–Crippen MR) is 91.0 cm³/mol. The Bertz CT molecular complexity index is 913. The first-order valence-electron chi connectivity index (χ1n) is 8.01. The maximum Gasteiger partial charge on any atom is 0.129 e. The Kier molecular flexibility index (Phi) is 3.25. The lowest BCUT2D eigenvalue weighted by Gasteiger charge is -2.17. The molecule has 2 aromatic rings. The summed E-state index contributed by atoms with van der Waals surface area (Å²) < 4.78 is 0. The van der Waals surface area contributed by atoms with Crippen molar-refractivity contribution in [2.75, 3.05) is 0 Å². The number of benzene rings is 2. The van der Waals surface area contributed by atoms with Crippen molar-refractivity contribution in [3.05, 3.63) is 64.7 Å². The van der Waals surface area contributed by atoms with E-state index >= 15 is 0 Å². The Morgan fingerprint density at radius 3 is 2.48 bits per heavy atom. The van der Waals surface area contributed by atoms with E-state index in [1.165, 1.54) is 21.9 Å². The highest BCUT2D eigenvalue weighted by Crippen LogP contribution is 2.52. The molecule has 4 rings (SSSR count). The van der Waals surface area contributed by atoms with Gasteiger partial charge in [0.2, 0.25) is 0 Å². The van der Waals surface area contributed by atoms with Crippen LogP contribution in [0.2, 0.25) is 0 Å². The molecule has 2 heteroatoms. The van der Waals surface area contributed by atoms with Crippen LogP contribution < -0.4 is 0 Å². The molecule has 0 amide bonds. The van der Waals surface area contributed by atoms with E-state index in [1.807, 2.05) is 0 Å². The van der Waals surface area contributed by atoms with Crippen molar-refractivity contribution < 1.29 is 0 Å². The van der Waals surface area contributed by atoms with Crippen molar-refractivity contribution in [3.8, 4) is 12.1 Å². The predicted octanol–water partition coefficient (Wildman–Crippen LogP) is 5.00. The van der Waals surface area contributed by atoms with Crippen molar-refractivity contribution in [1.82, 2.24) is 0 Å². The number of rotatable bonds is 1. The molecule has 2 atom stereocenters. The molecule has 2 nitrogen and oxygen atoms in total. The van der Waals surface area contributed by atoms with Gasteiger partial charge in [0.25, 0.3) is 0 Å². The van der Waals surface area contributed by atoms with Crippen LogP contribution in [-0.4, -0.2) is 0 Å². The molecule has 0 heterocycles. The first kappa shape index (κ1) is 13.8. The fraction of sp³-hybridized carbons (Fsp3) is 0.238. The van der Waals surface area contributed by atoms with Crippen molar-refractivity contribution in [2.45, 2.75) is 19.3 Å². The molecule has 0 spiro atoms. The Labute approximate surface area is 136 Å². The van der Waals surface area contributed by atoms with Crippen LogP contribution in [0.15, 0.2) is 59.2 Å². The SMILES string of the molecule is N#CC(C#N)=C1C[C@H]2C[C@@H]1C/C2=C\c1cccc2ccccc12. The zero-order valence-electron chi connectivity index (χ0n) is 12.8. The molecule has 0 unspecified atom stereocenters. The van der Waals surface area contributed by atoms with Crippen LogP contribution in [0.5, 0.6) is 0 Å². The molecule has 2 aromatic carbocycles. The number of nitriles is 2. The molecule has 2 saturated carbocycles. The van der Waals surface area contributed by atoms with Crippen LogP contribution in [0.1, 0.15) is 24.8 Å². The lowest BCUT2D eigenvalue weighted by atomic mass is 9.87. The second kappa shape index (κ2) is 5.41. The number of allylic oxidation sites excluding steroid dienone is 3. The largest absolute Gasteiger partial charge is 0.192 e. The quantitative estimate of drug-likeness (QED) is 0.695. The molecule has 2 fully saturated rings. The summed E-state index contributed by atoms with van der Waals surface area (Å²) in [6.07, 6.45) is 5.31. The Morgan fingerprint density at radius 2 is 1.74 bits per heavy atom. The molecule has 2 aliphatic rings. The summed E-state index contributed by atoms with van der Waals surface area (Å²) in [7, 11) is 0. The Morgan fingerprint density at radius 1 is 0.957 bits per heavy atom. The molecule has 0 saturated heterocycles. The van der Waals surface area contributed by atoms with Gasteiger partial charge in [-0.15, -0.1) is 0 Å². The van der Waals surface area contributed by atoms with Gasteiger partial charge in [0.1, 0.15) is 17.7 Å². The van der Waals surface area contributed by atoms with E-state index in [1.54, 1.807) is 0 Å². The summed E-state index contributed by atoms with van der Waals surface area (Å²) in [6.45, 7) is 0. The van der Waals surface area contributed by atoms with E-state index in [0.29, 0.717) is 17.4 Å². The number of fused-ring (bicyclic) bond motifs is 3. The Balaban J connectivity index is 1.70. The monoisotopic (exact) mass is 296 g/mol. The maximum absolute atomic E-state index is 9.09. The van der Waals surface area contributed by atoms with E-state index in [9.17, 15) is 0 Å². The highest BCUT2D eigenvalue weighted by Gasteiger charge is 2.40. The molecule has 110 valence electrons. The summed E-state index contributed by atoms with van der Waals surface area (Å²) >= 11 is 0. The molecule has 23 heavy (non-hydrogen) atoms. The van der Waals surface area contributed by atoms with Gasteiger partial charge in [-0.25, -0.2) is 0 Å². The molecule has 0 aromatic heterocycles. The van der Waals surface area contributed by atoms with E-state index in [4.69, 9.17) is 10.5 Å². The summed E-state index contributed by atoms with van der Waals surface area (Å²) in [5.74, 6) is 0.904. The molecule has 2 aliphatic carbocycles. The smallest absolute Gasteiger partial charge is 0.129 e. The average molecular weight is 296 g/mol. The lowest BCUT2D eigenvalue weighted by molar-refractivity contribution is 0.686. The van der Waals surface area contributed by atoms with Crippen LogP contribution in [0.3, 0.4) is 0 Å². The fourth-order valence-corrected chi connectivity index (χ4v) is 4.17. The zero-order chi connectivity index (χ0) is 15.8. The number of nitrogens with zero attached hydrogens (tertiary/aromatic N) is 2. The third kappa shape index (κ3) is 2.24. The van der Waals surface area contributed by atoms with Crippen LogP contribution in [0, 0.1) is 34.5 Å². The van der Waals surface area contributed by atoms with Crippen molar-refractivity contribution in [1.29, 1.82) is 10.5 Å². The molecule has 0 radical (unpaired) electrons. The van der Waals surface area contributed by atoms with Gasteiger partial charge in [-0.05, 0) is 53.0 Å². The van der Waals surface area contributed by atoms with E-state index < -0.39 is 0 Å². The molecular weight excluding hydrogens is 280 g/mol. The minimum absolute atomic E-state index is 0.349. The lowest BCUT2D eigenvalue weighted by Crippen LogP contribution is -2.04. The summed E-state index contributed by atoms with van der Waals surface area (Å²) in [5, 5.41) is 20.7. The van der Waals surface area contributed by atoms with Crippen LogP contribution >= 0.6 is 0 Å². The molecular formula is C21H16N2. The zero-order valence-corrected chi connectivity index (χ0v) is 12.8. The second-order valence-electron chi connectivity index (χ2n) is 6.45. The van der Waals surface area contributed by atoms with E-state index in [0.717, 1.165) is 24.8 Å². The third-order valence-electron chi connectivity index (χ3n) is 5.24. The van der Waals surface area contributed by atoms with Crippen LogP contribution in [0.25, 0.3) is 16.8 Å². The van der Waals surface area contributed by atoms with E-state index in [2.05, 4.69) is 60.7 Å².